The largest absolute Gasteiger partial charge is 0.408 e. The van der Waals surface area contributed by atoms with Crippen LogP contribution in [0.5, 0.6) is 0 Å². The number of morpholine rings is 1. The Morgan fingerprint density at radius 1 is 1.05 bits per heavy atom. The quantitative estimate of drug-likeness (QED) is 0.394. The first-order chi connectivity index (χ1) is 19.0. The van der Waals surface area contributed by atoms with Gasteiger partial charge in [-0.05, 0) is 43.7 Å². The minimum absolute atomic E-state index is 0.0314. The van der Waals surface area contributed by atoms with Gasteiger partial charge in [0.1, 0.15) is 5.82 Å². The summed E-state index contributed by atoms with van der Waals surface area (Å²) in [4.78, 5) is 35.7. The van der Waals surface area contributed by atoms with Gasteiger partial charge >= 0.3 is 12.0 Å². The number of nitrogens with zero attached hydrogens (tertiary/aromatic N) is 8. The van der Waals surface area contributed by atoms with Crippen molar-refractivity contribution >= 4 is 29.5 Å². The van der Waals surface area contributed by atoms with Crippen molar-refractivity contribution < 1.29 is 13.9 Å². The summed E-state index contributed by atoms with van der Waals surface area (Å²) in [6.07, 6.45) is 4.30. The highest BCUT2D eigenvalue weighted by Crippen LogP contribution is 2.32. The standard InChI is InChI=1S/C26H28N10O3/c1-16-15-38-13-12-36(16)23-20-8-11-35(24-27-9-3-10-28-24)14-21(20)30-22(31-23)18-4-6-19(7-5-18)29-25(37)32-26-34-33-17(2)39-26/h3-7,9-10,16H,8,11-15H2,1-2H3,(H2,29,32,34,37)/t16-/m0/s1. The van der Waals surface area contributed by atoms with Gasteiger partial charge in [-0.3, -0.25) is 5.32 Å². The van der Waals surface area contributed by atoms with Crippen molar-refractivity contribution in [1.82, 2.24) is 30.1 Å². The van der Waals surface area contributed by atoms with Crippen LogP contribution in [-0.2, 0) is 17.7 Å². The van der Waals surface area contributed by atoms with E-state index >= 15 is 0 Å². The summed E-state index contributed by atoms with van der Waals surface area (Å²) < 4.78 is 10.9. The first kappa shape index (κ1) is 24.7. The van der Waals surface area contributed by atoms with Crippen molar-refractivity contribution in [3.05, 3.63) is 59.9 Å². The molecule has 2 aliphatic rings. The number of benzene rings is 1. The zero-order chi connectivity index (χ0) is 26.8. The fourth-order valence-corrected chi connectivity index (χ4v) is 4.75. The molecule has 39 heavy (non-hydrogen) atoms. The van der Waals surface area contributed by atoms with E-state index in [1.807, 2.05) is 18.2 Å². The molecule has 0 bridgehead atoms. The predicted octanol–water partition coefficient (Wildman–Crippen LogP) is 3.06. The van der Waals surface area contributed by atoms with Crippen LogP contribution in [0.1, 0.15) is 24.1 Å². The van der Waals surface area contributed by atoms with Crippen LogP contribution >= 0.6 is 0 Å². The maximum atomic E-state index is 12.3. The Kier molecular flexibility index (Phi) is 6.71. The molecule has 13 heteroatoms. The van der Waals surface area contributed by atoms with E-state index in [1.165, 1.54) is 0 Å². The van der Waals surface area contributed by atoms with E-state index in [0.717, 1.165) is 42.1 Å². The number of aromatic nitrogens is 6. The highest BCUT2D eigenvalue weighted by Gasteiger charge is 2.29. The highest BCUT2D eigenvalue weighted by atomic mass is 16.5. The number of fused-ring (bicyclic) bond motifs is 1. The molecule has 2 amide bonds. The lowest BCUT2D eigenvalue weighted by Crippen LogP contribution is -2.45. The molecule has 5 heterocycles. The molecule has 4 aromatic rings. The smallest absolute Gasteiger partial charge is 0.327 e. The number of aryl methyl sites for hydroxylation is 1. The minimum atomic E-state index is -0.483. The number of rotatable bonds is 5. The second kappa shape index (κ2) is 10.6. The number of carbonyl (C=O) groups excluding carboxylic acids is 1. The summed E-state index contributed by atoms with van der Waals surface area (Å²) >= 11 is 0. The molecular formula is C26H28N10O3. The van der Waals surface area contributed by atoms with Crippen molar-refractivity contribution in [2.24, 2.45) is 0 Å². The molecule has 2 aliphatic heterocycles. The van der Waals surface area contributed by atoms with Gasteiger partial charge in [-0.1, -0.05) is 5.10 Å². The number of hydrogen-bond donors (Lipinski definition) is 2. The van der Waals surface area contributed by atoms with Crippen LogP contribution in [0.3, 0.4) is 0 Å². The fraction of sp³-hybridized carbons (Fsp3) is 0.346. The zero-order valence-electron chi connectivity index (χ0n) is 21.7. The lowest BCUT2D eigenvalue weighted by atomic mass is 10.0. The van der Waals surface area contributed by atoms with Crippen LogP contribution < -0.4 is 20.4 Å². The van der Waals surface area contributed by atoms with Gasteiger partial charge in [0.15, 0.2) is 5.82 Å². The van der Waals surface area contributed by atoms with Gasteiger partial charge in [0.2, 0.25) is 11.8 Å². The van der Waals surface area contributed by atoms with Crippen LogP contribution in [0, 0.1) is 6.92 Å². The Hall–Kier alpha value is -4.65. The lowest BCUT2D eigenvalue weighted by molar-refractivity contribution is 0.0984. The summed E-state index contributed by atoms with van der Waals surface area (Å²) in [6.45, 7) is 7.27. The Balaban J connectivity index is 1.28. The maximum absolute atomic E-state index is 12.3. The summed E-state index contributed by atoms with van der Waals surface area (Å²) in [6, 6.07) is 8.95. The fourth-order valence-electron chi connectivity index (χ4n) is 4.75. The number of ether oxygens (including phenoxy) is 1. The third kappa shape index (κ3) is 5.34. The van der Waals surface area contributed by atoms with E-state index in [4.69, 9.17) is 19.1 Å². The number of nitrogens with one attached hydrogen (secondary N) is 2. The minimum Gasteiger partial charge on any atom is -0.408 e. The molecule has 1 saturated heterocycles. The second-order valence-electron chi connectivity index (χ2n) is 9.42. The van der Waals surface area contributed by atoms with E-state index in [0.29, 0.717) is 43.1 Å². The van der Waals surface area contributed by atoms with Crippen LogP contribution in [0.25, 0.3) is 11.4 Å². The van der Waals surface area contributed by atoms with Crippen LogP contribution in [0.2, 0.25) is 0 Å². The molecule has 0 unspecified atom stereocenters. The molecule has 2 N–H and O–H groups in total. The van der Waals surface area contributed by atoms with Crippen LogP contribution in [0.4, 0.5) is 28.3 Å². The molecule has 200 valence electrons. The predicted molar refractivity (Wildman–Crippen MR) is 144 cm³/mol. The molecule has 0 radical (unpaired) electrons. The Morgan fingerprint density at radius 2 is 1.87 bits per heavy atom. The molecule has 0 spiro atoms. The Bertz CT molecular complexity index is 1460. The number of anilines is 4. The molecule has 13 nitrogen and oxygen atoms in total. The van der Waals surface area contributed by atoms with E-state index < -0.39 is 6.03 Å². The number of urea groups is 1. The van der Waals surface area contributed by atoms with Crippen LogP contribution in [0.15, 0.2) is 47.1 Å². The molecule has 1 fully saturated rings. The summed E-state index contributed by atoms with van der Waals surface area (Å²) in [5.41, 5.74) is 3.56. The molecule has 3 aromatic heterocycles. The third-order valence-electron chi connectivity index (χ3n) is 6.67. The summed E-state index contributed by atoms with van der Waals surface area (Å²) in [7, 11) is 0. The van der Waals surface area contributed by atoms with Gasteiger partial charge < -0.3 is 24.3 Å². The Labute approximate surface area is 224 Å². The van der Waals surface area contributed by atoms with Crippen molar-refractivity contribution in [2.45, 2.75) is 32.9 Å². The monoisotopic (exact) mass is 528 g/mol. The summed E-state index contributed by atoms with van der Waals surface area (Å²) in [5.74, 6) is 2.63. The molecule has 1 aromatic carbocycles. The number of hydrogen-bond acceptors (Lipinski definition) is 11. The van der Waals surface area contributed by atoms with Gasteiger partial charge in [0.25, 0.3) is 0 Å². The molecular weight excluding hydrogens is 500 g/mol. The average Bonchev–Trinajstić information content (AvgIpc) is 3.37. The van der Waals surface area contributed by atoms with E-state index in [-0.39, 0.29) is 12.1 Å². The maximum Gasteiger partial charge on any atom is 0.327 e. The molecule has 6 rings (SSSR count). The SMILES string of the molecule is Cc1nnc(NC(=O)Nc2ccc(-c3nc4c(c(N5CCOC[C@@H]5C)n3)CCN(c3ncccn3)C4)cc2)o1. The normalized spacial score (nSPS) is 17.0. The first-order valence-electron chi connectivity index (χ1n) is 12.8. The van der Waals surface area contributed by atoms with Gasteiger partial charge in [0, 0.05) is 49.2 Å². The lowest BCUT2D eigenvalue weighted by Gasteiger charge is -2.37. The van der Waals surface area contributed by atoms with Gasteiger partial charge in [-0.25, -0.2) is 24.7 Å². The van der Waals surface area contributed by atoms with Gasteiger partial charge in [0.05, 0.1) is 31.5 Å². The Morgan fingerprint density at radius 3 is 2.62 bits per heavy atom. The molecule has 1 atom stereocenters. The topological polar surface area (TPSA) is 147 Å². The first-order valence-corrected chi connectivity index (χ1v) is 12.8. The van der Waals surface area contributed by atoms with Crippen LogP contribution in [-0.4, -0.2) is 68.5 Å². The van der Waals surface area contributed by atoms with Crippen molar-refractivity contribution in [1.29, 1.82) is 0 Å². The van der Waals surface area contributed by atoms with Crippen molar-refractivity contribution in [2.75, 3.05) is 46.7 Å². The third-order valence-corrected chi connectivity index (χ3v) is 6.67. The number of carbonyl (C=O) groups is 1. The highest BCUT2D eigenvalue weighted by molar-refractivity contribution is 5.98. The van der Waals surface area contributed by atoms with Gasteiger partial charge in [-0.2, -0.15) is 0 Å². The van der Waals surface area contributed by atoms with E-state index in [1.54, 1.807) is 31.5 Å². The van der Waals surface area contributed by atoms with Crippen molar-refractivity contribution in [3.8, 4) is 11.4 Å². The average molecular weight is 529 g/mol. The molecule has 0 aliphatic carbocycles. The second-order valence-corrected chi connectivity index (χ2v) is 9.42. The molecule has 0 saturated carbocycles. The van der Waals surface area contributed by atoms with E-state index in [2.05, 4.69) is 47.5 Å². The summed E-state index contributed by atoms with van der Waals surface area (Å²) in [5, 5.41) is 12.7. The zero-order valence-corrected chi connectivity index (χ0v) is 21.7. The number of amides is 2. The van der Waals surface area contributed by atoms with Crippen molar-refractivity contribution in [3.63, 3.8) is 0 Å². The van der Waals surface area contributed by atoms with E-state index in [9.17, 15) is 4.79 Å². The van der Waals surface area contributed by atoms with Gasteiger partial charge in [-0.15, -0.1) is 5.10 Å².